The second kappa shape index (κ2) is 6.26. The minimum Gasteiger partial charge on any atom is -0.476 e. The fourth-order valence-electron chi connectivity index (χ4n) is 1.70. The summed E-state index contributed by atoms with van der Waals surface area (Å²) in [5, 5.41) is 20.3. The van der Waals surface area contributed by atoms with Gasteiger partial charge in [-0.2, -0.15) is 0 Å². The molecule has 0 saturated heterocycles. The van der Waals surface area contributed by atoms with E-state index >= 15 is 0 Å². The van der Waals surface area contributed by atoms with Gasteiger partial charge in [-0.25, -0.2) is 9.48 Å². The fraction of sp³-hybridized carbons (Fsp3) is 0.455. The van der Waals surface area contributed by atoms with Gasteiger partial charge in [0, 0.05) is 20.3 Å². The molecule has 0 unspecified atom stereocenters. The van der Waals surface area contributed by atoms with Crippen molar-refractivity contribution < 1.29 is 23.9 Å². The summed E-state index contributed by atoms with van der Waals surface area (Å²) in [6.45, 7) is 0.652. The zero-order valence-corrected chi connectivity index (χ0v) is 11.1. The molecule has 0 aromatic carbocycles. The third kappa shape index (κ3) is 3.00. The van der Waals surface area contributed by atoms with E-state index in [4.69, 9.17) is 19.1 Å². The normalized spacial score (nSPS) is 10.9. The van der Waals surface area contributed by atoms with Gasteiger partial charge in [-0.05, 0) is 0 Å². The van der Waals surface area contributed by atoms with E-state index in [0.29, 0.717) is 23.8 Å². The molecule has 0 bridgehead atoms. The van der Waals surface area contributed by atoms with Gasteiger partial charge in [0.1, 0.15) is 12.3 Å². The van der Waals surface area contributed by atoms with Crippen LogP contribution < -0.4 is 0 Å². The molecule has 0 atom stereocenters. The van der Waals surface area contributed by atoms with Crippen LogP contribution in [0.5, 0.6) is 0 Å². The highest BCUT2D eigenvalue weighted by Gasteiger charge is 2.19. The summed E-state index contributed by atoms with van der Waals surface area (Å²) in [5.41, 5.74) is 0.833. The number of aromatic nitrogens is 4. The van der Waals surface area contributed by atoms with Crippen LogP contribution in [-0.2, 0) is 29.2 Å². The van der Waals surface area contributed by atoms with Crippen molar-refractivity contribution in [2.75, 3.05) is 14.2 Å². The number of methoxy groups -OCH3 is 2. The Kier molecular flexibility index (Phi) is 4.43. The summed E-state index contributed by atoms with van der Waals surface area (Å²) in [4.78, 5) is 11.0. The predicted octanol–water partition coefficient (Wildman–Crippen LogP) is 0.305. The van der Waals surface area contributed by atoms with Crippen LogP contribution in [0.15, 0.2) is 10.6 Å². The Morgan fingerprint density at radius 2 is 2.15 bits per heavy atom. The number of carboxylic acids is 1. The van der Waals surface area contributed by atoms with Crippen molar-refractivity contribution in [3.05, 3.63) is 28.9 Å². The Bertz CT molecular complexity index is 591. The van der Waals surface area contributed by atoms with Crippen LogP contribution in [-0.4, -0.2) is 45.4 Å². The number of aromatic carboxylic acids is 1. The van der Waals surface area contributed by atoms with Gasteiger partial charge in [0.2, 0.25) is 0 Å². The van der Waals surface area contributed by atoms with E-state index in [1.807, 2.05) is 0 Å². The highest BCUT2D eigenvalue weighted by molar-refractivity contribution is 5.86. The lowest BCUT2D eigenvalue weighted by molar-refractivity contribution is 0.0684. The van der Waals surface area contributed by atoms with Crippen molar-refractivity contribution in [1.29, 1.82) is 0 Å². The molecule has 2 aromatic rings. The Morgan fingerprint density at radius 3 is 2.80 bits per heavy atom. The van der Waals surface area contributed by atoms with Crippen molar-refractivity contribution in [3.8, 4) is 0 Å². The van der Waals surface area contributed by atoms with Gasteiger partial charge >= 0.3 is 5.97 Å². The van der Waals surface area contributed by atoms with Gasteiger partial charge in [-0.3, -0.25) is 0 Å². The minimum absolute atomic E-state index is 0.0947. The van der Waals surface area contributed by atoms with E-state index in [0.717, 1.165) is 0 Å². The van der Waals surface area contributed by atoms with Crippen molar-refractivity contribution in [2.24, 2.45) is 0 Å². The topological polar surface area (TPSA) is 112 Å². The first-order chi connectivity index (χ1) is 9.65. The third-order valence-corrected chi connectivity index (χ3v) is 2.53. The minimum atomic E-state index is -1.15. The Hall–Kier alpha value is -2.26. The molecule has 2 aromatic heterocycles. The number of rotatable bonds is 7. The molecular formula is C11H14N4O5. The molecule has 0 radical (unpaired) electrons. The zero-order chi connectivity index (χ0) is 14.5. The second-order valence-corrected chi connectivity index (χ2v) is 4.00. The molecule has 0 amide bonds. The maximum Gasteiger partial charge on any atom is 0.358 e. The summed E-state index contributed by atoms with van der Waals surface area (Å²) >= 11 is 0. The molecule has 0 saturated carbocycles. The molecule has 2 rings (SSSR count). The highest BCUT2D eigenvalue weighted by atomic mass is 16.5. The summed E-state index contributed by atoms with van der Waals surface area (Å²) in [6.07, 6.45) is 0. The summed E-state index contributed by atoms with van der Waals surface area (Å²) in [6, 6.07) is 1.71. The third-order valence-electron chi connectivity index (χ3n) is 2.53. The van der Waals surface area contributed by atoms with Crippen molar-refractivity contribution >= 4 is 5.97 Å². The van der Waals surface area contributed by atoms with Crippen molar-refractivity contribution in [2.45, 2.75) is 19.8 Å². The van der Waals surface area contributed by atoms with E-state index in [1.165, 1.54) is 11.8 Å². The first-order valence-corrected chi connectivity index (χ1v) is 5.73. The van der Waals surface area contributed by atoms with E-state index in [9.17, 15) is 4.79 Å². The van der Waals surface area contributed by atoms with Crippen molar-refractivity contribution in [1.82, 2.24) is 20.2 Å². The first kappa shape index (κ1) is 14.2. The van der Waals surface area contributed by atoms with Crippen LogP contribution in [0.25, 0.3) is 0 Å². The number of hydrogen-bond donors (Lipinski definition) is 1. The molecule has 0 fully saturated rings. The van der Waals surface area contributed by atoms with Crippen LogP contribution in [0.4, 0.5) is 0 Å². The molecule has 9 heteroatoms. The molecule has 0 aliphatic rings. The molecule has 20 heavy (non-hydrogen) atoms. The SMILES string of the molecule is COCc1cc(Cn2nnc(C(=O)O)c2COC)no1. The average Bonchev–Trinajstić information content (AvgIpc) is 2.99. The monoisotopic (exact) mass is 282 g/mol. The van der Waals surface area contributed by atoms with E-state index in [1.54, 1.807) is 13.2 Å². The molecule has 1 N–H and O–H groups in total. The number of nitrogens with zero attached hydrogens (tertiary/aromatic N) is 4. The molecule has 108 valence electrons. The molecule has 0 aliphatic carbocycles. The summed E-state index contributed by atoms with van der Waals surface area (Å²) in [7, 11) is 3.02. The van der Waals surface area contributed by atoms with Gasteiger partial charge in [0.05, 0.1) is 18.8 Å². The smallest absolute Gasteiger partial charge is 0.358 e. The predicted molar refractivity (Wildman–Crippen MR) is 64.0 cm³/mol. The van der Waals surface area contributed by atoms with E-state index < -0.39 is 5.97 Å². The largest absolute Gasteiger partial charge is 0.476 e. The summed E-state index contributed by atoms with van der Waals surface area (Å²) in [5.74, 6) is -0.571. The Labute approximate surface area is 114 Å². The number of carboxylic acid groups (broad SMARTS) is 1. The van der Waals surface area contributed by atoms with Gasteiger partial charge < -0.3 is 19.1 Å². The lowest BCUT2D eigenvalue weighted by atomic mass is 10.3. The summed E-state index contributed by atoms with van der Waals surface area (Å²) < 4.78 is 16.4. The van der Waals surface area contributed by atoms with Crippen LogP contribution >= 0.6 is 0 Å². The lowest BCUT2D eigenvalue weighted by Crippen LogP contribution is -2.10. The van der Waals surface area contributed by atoms with Crippen LogP contribution in [0.1, 0.15) is 27.6 Å². The number of hydrogen-bond acceptors (Lipinski definition) is 7. The quantitative estimate of drug-likeness (QED) is 0.771. The van der Waals surface area contributed by atoms with Crippen molar-refractivity contribution in [3.63, 3.8) is 0 Å². The number of ether oxygens (including phenoxy) is 2. The van der Waals surface area contributed by atoms with Gasteiger partial charge in [0.25, 0.3) is 0 Å². The second-order valence-electron chi connectivity index (χ2n) is 4.00. The Balaban J connectivity index is 2.21. The van der Waals surface area contributed by atoms with Gasteiger partial charge in [0.15, 0.2) is 11.5 Å². The van der Waals surface area contributed by atoms with Gasteiger partial charge in [-0.1, -0.05) is 10.4 Å². The standard InChI is InChI=1S/C11H14N4O5/c1-18-5-8-3-7(13-20-8)4-15-9(6-19-2)10(11(16)17)12-14-15/h3H,4-6H2,1-2H3,(H,16,17). The highest BCUT2D eigenvalue weighted by Crippen LogP contribution is 2.11. The molecular weight excluding hydrogens is 268 g/mol. The number of carbonyl (C=O) groups is 1. The van der Waals surface area contributed by atoms with Gasteiger partial charge in [-0.15, -0.1) is 5.10 Å². The first-order valence-electron chi connectivity index (χ1n) is 5.73. The average molecular weight is 282 g/mol. The maximum absolute atomic E-state index is 11.0. The molecule has 2 heterocycles. The molecule has 0 spiro atoms. The Morgan fingerprint density at radius 1 is 1.40 bits per heavy atom. The van der Waals surface area contributed by atoms with Crippen LogP contribution in [0.3, 0.4) is 0 Å². The van der Waals surface area contributed by atoms with Crippen LogP contribution in [0, 0.1) is 0 Å². The molecule has 9 nitrogen and oxygen atoms in total. The van der Waals surface area contributed by atoms with E-state index in [2.05, 4.69) is 15.5 Å². The lowest BCUT2D eigenvalue weighted by Gasteiger charge is -2.03. The fourth-order valence-corrected chi connectivity index (χ4v) is 1.70. The zero-order valence-electron chi connectivity index (χ0n) is 11.1. The maximum atomic E-state index is 11.0. The molecule has 0 aliphatic heterocycles. The van der Waals surface area contributed by atoms with Crippen LogP contribution in [0.2, 0.25) is 0 Å². The van der Waals surface area contributed by atoms with E-state index in [-0.39, 0.29) is 18.8 Å².